The molecule has 0 saturated carbocycles. The number of nitrogens with two attached hydrogens (primary N) is 2. The van der Waals surface area contributed by atoms with Gasteiger partial charge in [-0.3, -0.25) is 0 Å². The van der Waals surface area contributed by atoms with E-state index in [0.717, 1.165) is 21.6 Å². The van der Waals surface area contributed by atoms with Crippen molar-refractivity contribution < 1.29 is 0 Å². The van der Waals surface area contributed by atoms with Crippen LogP contribution in [0.3, 0.4) is 0 Å². The molecule has 0 atom stereocenters. The Morgan fingerprint density at radius 2 is 1.08 bits per heavy atom. The second kappa shape index (κ2) is 8.77. The summed E-state index contributed by atoms with van der Waals surface area (Å²) in [6.07, 6.45) is 0. The average Bonchev–Trinajstić information content (AvgIpc) is 2.57. The van der Waals surface area contributed by atoms with Crippen LogP contribution >= 0.6 is 46.7 Å². The Hall–Kier alpha value is -1.74. The number of thioether (sulfide) groups is 2. The van der Waals surface area contributed by atoms with Crippen molar-refractivity contribution in [2.75, 3.05) is 11.5 Å². The Morgan fingerprint density at radius 1 is 0.692 bits per heavy atom. The van der Waals surface area contributed by atoms with E-state index in [0.29, 0.717) is 10.3 Å². The molecular formula is C16H14Cl2N6S2. The molecule has 10 heteroatoms. The molecule has 134 valence electrons. The van der Waals surface area contributed by atoms with E-state index in [1.165, 1.54) is 11.1 Å². The lowest BCUT2D eigenvalue weighted by atomic mass is 10.2. The number of rotatable bonds is 6. The molecule has 0 radical (unpaired) electrons. The van der Waals surface area contributed by atoms with Gasteiger partial charge >= 0.3 is 0 Å². The van der Waals surface area contributed by atoms with Gasteiger partial charge in [0.15, 0.2) is 0 Å². The summed E-state index contributed by atoms with van der Waals surface area (Å²) in [6.45, 7) is 0. The summed E-state index contributed by atoms with van der Waals surface area (Å²) >= 11 is 14.9. The van der Waals surface area contributed by atoms with Crippen molar-refractivity contribution in [3.8, 4) is 0 Å². The zero-order chi connectivity index (χ0) is 18.5. The van der Waals surface area contributed by atoms with Gasteiger partial charge in [-0.1, -0.05) is 47.5 Å². The summed E-state index contributed by atoms with van der Waals surface area (Å²) in [4.78, 5) is 16.0. The summed E-state index contributed by atoms with van der Waals surface area (Å²) in [5, 5.41) is 2.19. The zero-order valence-electron chi connectivity index (χ0n) is 13.4. The monoisotopic (exact) mass is 424 g/mol. The van der Waals surface area contributed by atoms with Crippen molar-refractivity contribution in [3.05, 3.63) is 57.8 Å². The van der Waals surface area contributed by atoms with Crippen LogP contribution in [0, 0.1) is 0 Å². The van der Waals surface area contributed by atoms with Gasteiger partial charge in [0.25, 0.3) is 0 Å². The van der Waals surface area contributed by atoms with Crippen LogP contribution in [0.1, 0.15) is 11.1 Å². The van der Waals surface area contributed by atoms with Crippen LogP contribution in [0.15, 0.2) is 46.5 Å². The Bertz CT molecular complexity index is 793. The van der Waals surface area contributed by atoms with Crippen LogP contribution in [-0.4, -0.2) is 19.9 Å². The van der Waals surface area contributed by atoms with Crippen molar-refractivity contribution in [1.82, 2.24) is 19.9 Å². The molecule has 0 bridgehead atoms. The summed E-state index contributed by atoms with van der Waals surface area (Å²) in [5.74, 6) is 1.88. The second-order valence-electron chi connectivity index (χ2n) is 5.17. The molecule has 2 aromatic heterocycles. The maximum absolute atomic E-state index is 5.89. The Kier molecular flexibility index (Phi) is 6.42. The van der Waals surface area contributed by atoms with Gasteiger partial charge in [0.1, 0.15) is 20.4 Å². The minimum absolute atomic E-state index is 0.179. The highest BCUT2D eigenvalue weighted by molar-refractivity contribution is 7.98. The first-order chi connectivity index (χ1) is 12.5. The van der Waals surface area contributed by atoms with Gasteiger partial charge < -0.3 is 11.5 Å². The highest BCUT2D eigenvalue weighted by Crippen LogP contribution is 2.26. The van der Waals surface area contributed by atoms with Gasteiger partial charge in [-0.2, -0.15) is 0 Å². The normalized spacial score (nSPS) is 10.8. The molecule has 3 rings (SSSR count). The molecule has 0 fully saturated rings. The predicted molar refractivity (Wildman–Crippen MR) is 108 cm³/mol. The van der Waals surface area contributed by atoms with Gasteiger partial charge in [-0.05, 0) is 11.1 Å². The first-order valence-corrected chi connectivity index (χ1v) is 10.1. The van der Waals surface area contributed by atoms with Crippen molar-refractivity contribution in [3.63, 3.8) is 0 Å². The molecule has 1 aromatic carbocycles. The Balaban J connectivity index is 1.56. The van der Waals surface area contributed by atoms with Gasteiger partial charge in [-0.25, -0.2) is 19.9 Å². The largest absolute Gasteiger partial charge is 0.368 e. The van der Waals surface area contributed by atoms with Crippen molar-refractivity contribution >= 4 is 58.6 Å². The summed E-state index contributed by atoms with van der Waals surface area (Å²) in [7, 11) is 0. The SMILES string of the molecule is Nc1nc(Cl)cc(SCc2ccc(CSc3cc(Cl)nc(N)n3)cc2)n1. The fraction of sp³-hybridized carbons (Fsp3) is 0.125. The smallest absolute Gasteiger partial charge is 0.222 e. The fourth-order valence-electron chi connectivity index (χ4n) is 2.02. The highest BCUT2D eigenvalue weighted by Gasteiger charge is 2.04. The van der Waals surface area contributed by atoms with E-state index in [4.69, 9.17) is 34.7 Å². The van der Waals surface area contributed by atoms with E-state index in [-0.39, 0.29) is 11.9 Å². The zero-order valence-corrected chi connectivity index (χ0v) is 16.5. The Morgan fingerprint density at radius 3 is 1.42 bits per heavy atom. The van der Waals surface area contributed by atoms with Gasteiger partial charge in [0.2, 0.25) is 11.9 Å². The number of nitrogen functional groups attached to an aromatic ring is 2. The van der Waals surface area contributed by atoms with Gasteiger partial charge in [0, 0.05) is 23.6 Å². The third kappa shape index (κ3) is 5.63. The molecule has 0 aliphatic heterocycles. The lowest BCUT2D eigenvalue weighted by Gasteiger charge is -2.05. The van der Waals surface area contributed by atoms with Crippen LogP contribution < -0.4 is 11.5 Å². The molecule has 0 spiro atoms. The molecule has 3 aromatic rings. The molecule has 6 nitrogen and oxygen atoms in total. The predicted octanol–water partition coefficient (Wildman–Crippen LogP) is 4.32. The van der Waals surface area contributed by atoms with Crippen molar-refractivity contribution in [2.45, 2.75) is 21.6 Å². The molecule has 0 aliphatic rings. The summed E-state index contributed by atoms with van der Waals surface area (Å²) in [6, 6.07) is 11.7. The van der Waals surface area contributed by atoms with E-state index in [1.54, 1.807) is 35.7 Å². The number of hydrogen-bond acceptors (Lipinski definition) is 8. The van der Waals surface area contributed by atoms with Crippen LogP contribution in [0.25, 0.3) is 0 Å². The number of aromatic nitrogens is 4. The summed E-state index contributed by atoms with van der Waals surface area (Å²) < 4.78 is 0. The molecule has 4 N–H and O–H groups in total. The maximum Gasteiger partial charge on any atom is 0.222 e. The Labute approximate surface area is 169 Å². The molecule has 0 unspecified atom stereocenters. The summed E-state index contributed by atoms with van der Waals surface area (Å²) in [5.41, 5.74) is 13.5. The first kappa shape index (κ1) is 19.0. The van der Waals surface area contributed by atoms with Crippen LogP contribution in [0.5, 0.6) is 0 Å². The van der Waals surface area contributed by atoms with E-state index >= 15 is 0 Å². The number of nitrogens with zero attached hydrogens (tertiary/aromatic N) is 4. The third-order valence-electron chi connectivity index (χ3n) is 3.17. The quantitative estimate of drug-likeness (QED) is 0.445. The van der Waals surface area contributed by atoms with Crippen molar-refractivity contribution in [1.29, 1.82) is 0 Å². The van der Waals surface area contributed by atoms with E-state index < -0.39 is 0 Å². The molecule has 0 aliphatic carbocycles. The second-order valence-corrected chi connectivity index (χ2v) is 7.93. The van der Waals surface area contributed by atoms with Crippen LogP contribution in [0.2, 0.25) is 10.3 Å². The van der Waals surface area contributed by atoms with Gasteiger partial charge in [0.05, 0.1) is 0 Å². The van der Waals surface area contributed by atoms with Gasteiger partial charge in [-0.15, -0.1) is 23.5 Å². The standard InChI is InChI=1S/C16H14Cl2N6S2/c17-11-5-13(23-15(19)21-11)25-7-9-1-2-10(4-3-9)8-26-14-6-12(18)22-16(20)24-14/h1-6H,7-8H2,(H2,19,21,23)(H2,20,22,24). The van der Waals surface area contributed by atoms with Crippen LogP contribution in [0.4, 0.5) is 11.9 Å². The molecule has 2 heterocycles. The molecule has 26 heavy (non-hydrogen) atoms. The minimum Gasteiger partial charge on any atom is -0.368 e. The fourth-order valence-corrected chi connectivity index (χ4v) is 4.25. The molecule has 0 saturated heterocycles. The highest BCUT2D eigenvalue weighted by atomic mass is 35.5. The van der Waals surface area contributed by atoms with Crippen LogP contribution in [-0.2, 0) is 11.5 Å². The molecular weight excluding hydrogens is 411 g/mol. The van der Waals surface area contributed by atoms with E-state index in [9.17, 15) is 0 Å². The van der Waals surface area contributed by atoms with E-state index in [1.807, 2.05) is 0 Å². The number of benzene rings is 1. The first-order valence-electron chi connectivity index (χ1n) is 7.41. The topological polar surface area (TPSA) is 104 Å². The molecule has 0 amide bonds. The maximum atomic E-state index is 5.89. The number of hydrogen-bond donors (Lipinski definition) is 2. The van der Waals surface area contributed by atoms with Crippen molar-refractivity contribution in [2.24, 2.45) is 0 Å². The minimum atomic E-state index is 0.179. The average molecular weight is 425 g/mol. The van der Waals surface area contributed by atoms with E-state index in [2.05, 4.69) is 44.2 Å². The number of anilines is 2. The third-order valence-corrected chi connectivity index (χ3v) is 5.53. The lowest BCUT2D eigenvalue weighted by molar-refractivity contribution is 1.06. The number of halogens is 2. The lowest BCUT2D eigenvalue weighted by Crippen LogP contribution is -1.96.